The van der Waals surface area contributed by atoms with Gasteiger partial charge in [-0.05, 0) is 25.5 Å². The van der Waals surface area contributed by atoms with Gasteiger partial charge in [-0.3, -0.25) is 0 Å². The van der Waals surface area contributed by atoms with E-state index in [0.29, 0.717) is 0 Å². The summed E-state index contributed by atoms with van der Waals surface area (Å²) in [4.78, 5) is 32.4. The van der Waals surface area contributed by atoms with Crippen molar-refractivity contribution in [3.63, 3.8) is 0 Å². The molecule has 1 heterocycles. The summed E-state index contributed by atoms with van der Waals surface area (Å²) in [6, 6.07) is 2.06. The first kappa shape index (κ1) is 11.3. The molecule has 12 heavy (non-hydrogen) atoms. The summed E-state index contributed by atoms with van der Waals surface area (Å²) in [5, 5.41) is 0. The first-order valence-corrected chi connectivity index (χ1v) is 5.09. The number of hydrogen-bond acceptors (Lipinski definition) is 4. The van der Waals surface area contributed by atoms with Crippen molar-refractivity contribution >= 4 is 9.05 Å². The predicted molar refractivity (Wildman–Crippen MR) is 44.9 cm³/mol. The van der Waals surface area contributed by atoms with Gasteiger partial charge in [-0.25, -0.2) is 0 Å². The van der Waals surface area contributed by atoms with Crippen LogP contribution < -0.4 is 0 Å². The van der Waals surface area contributed by atoms with Crippen LogP contribution in [-0.2, 0) is 0 Å². The van der Waals surface area contributed by atoms with Crippen LogP contribution in [0.25, 0.3) is 0 Å². The van der Waals surface area contributed by atoms with Crippen LogP contribution in [0, 0.1) is 13.8 Å². The summed E-state index contributed by atoms with van der Waals surface area (Å²) in [6.45, 7) is 4.15. The molecule has 0 aliphatic carbocycles. The third-order valence-corrected chi connectivity index (χ3v) is 1.22. The average molecular weight is 191 g/mol. The van der Waals surface area contributed by atoms with Crippen molar-refractivity contribution in [2.24, 2.45) is 0 Å². The average Bonchev–Trinajstić information content (AvgIpc) is 2.12. The molecular weight excluding hydrogens is 178 g/mol. The zero-order valence-electron chi connectivity index (χ0n) is 6.94. The number of aromatic nitrogens is 1. The Morgan fingerprint density at radius 1 is 1.17 bits per heavy atom. The highest BCUT2D eigenvalue weighted by Gasteiger charge is 2.22. The van der Waals surface area contributed by atoms with Gasteiger partial charge in [0.25, 0.3) is 0 Å². The lowest BCUT2D eigenvalue weighted by Gasteiger charge is -1.91. The minimum atomic E-state index is -4.61. The molecule has 0 fully saturated rings. The Morgan fingerprint density at radius 2 is 1.58 bits per heavy atom. The van der Waals surface area contributed by atoms with Gasteiger partial charge in [-0.15, -0.1) is 0 Å². The SMILES string of the molecule is Cc1cc[nH]c1C.O[Si](O)(O)O. The Labute approximate surface area is 71.4 Å². The number of aryl methyl sites for hydroxylation is 2. The van der Waals surface area contributed by atoms with E-state index < -0.39 is 9.05 Å². The fourth-order valence-electron chi connectivity index (χ4n) is 0.531. The van der Waals surface area contributed by atoms with E-state index in [1.165, 1.54) is 11.3 Å². The van der Waals surface area contributed by atoms with Gasteiger partial charge in [0.15, 0.2) is 0 Å². The van der Waals surface area contributed by atoms with Crippen molar-refractivity contribution in [3.05, 3.63) is 23.5 Å². The fourth-order valence-corrected chi connectivity index (χ4v) is 0.531. The summed E-state index contributed by atoms with van der Waals surface area (Å²) in [6.07, 6.45) is 1.95. The van der Waals surface area contributed by atoms with Crippen molar-refractivity contribution in [3.8, 4) is 0 Å². The van der Waals surface area contributed by atoms with Crippen LogP contribution in [0.4, 0.5) is 0 Å². The molecular formula is C6H13NO4Si. The normalized spacial score (nSPS) is 10.5. The summed E-state index contributed by atoms with van der Waals surface area (Å²) in [5.74, 6) is 0. The summed E-state index contributed by atoms with van der Waals surface area (Å²) < 4.78 is 0. The summed E-state index contributed by atoms with van der Waals surface area (Å²) >= 11 is 0. The van der Waals surface area contributed by atoms with E-state index in [2.05, 4.69) is 24.9 Å². The predicted octanol–water partition coefficient (Wildman–Crippen LogP) is -0.977. The van der Waals surface area contributed by atoms with Gasteiger partial charge in [0.05, 0.1) is 0 Å². The van der Waals surface area contributed by atoms with E-state index in [4.69, 9.17) is 19.2 Å². The lowest BCUT2D eigenvalue weighted by atomic mass is 10.3. The number of nitrogens with one attached hydrogen (secondary N) is 1. The molecule has 70 valence electrons. The zero-order valence-corrected chi connectivity index (χ0v) is 7.94. The minimum Gasteiger partial charge on any atom is -0.368 e. The number of hydrogen-bond donors (Lipinski definition) is 5. The highest BCUT2D eigenvalue weighted by molar-refractivity contribution is 6.46. The molecule has 0 saturated carbocycles. The molecule has 1 rings (SSSR count). The maximum Gasteiger partial charge on any atom is 0.668 e. The molecule has 0 saturated heterocycles. The van der Waals surface area contributed by atoms with Crippen LogP contribution in [0.3, 0.4) is 0 Å². The highest BCUT2D eigenvalue weighted by Crippen LogP contribution is 1.99. The third-order valence-electron chi connectivity index (χ3n) is 1.22. The van der Waals surface area contributed by atoms with Crippen LogP contribution >= 0.6 is 0 Å². The largest absolute Gasteiger partial charge is 0.668 e. The van der Waals surface area contributed by atoms with Crippen LogP contribution in [0.5, 0.6) is 0 Å². The molecule has 0 amide bonds. The Hall–Kier alpha value is -0.663. The van der Waals surface area contributed by atoms with E-state index in [0.717, 1.165) is 0 Å². The third kappa shape index (κ3) is 7.44. The van der Waals surface area contributed by atoms with Crippen molar-refractivity contribution in [1.82, 2.24) is 4.98 Å². The molecule has 5 N–H and O–H groups in total. The van der Waals surface area contributed by atoms with Gasteiger partial charge >= 0.3 is 9.05 Å². The van der Waals surface area contributed by atoms with Gasteiger partial charge in [0.1, 0.15) is 0 Å². The molecule has 0 aliphatic heterocycles. The van der Waals surface area contributed by atoms with Gasteiger partial charge < -0.3 is 24.2 Å². The lowest BCUT2D eigenvalue weighted by Crippen LogP contribution is -2.33. The maximum absolute atomic E-state index is 7.33. The maximum atomic E-state index is 7.33. The van der Waals surface area contributed by atoms with Crippen LogP contribution in [-0.4, -0.2) is 33.2 Å². The lowest BCUT2D eigenvalue weighted by molar-refractivity contribution is 0.117. The van der Waals surface area contributed by atoms with Crippen LogP contribution in [0.15, 0.2) is 12.3 Å². The van der Waals surface area contributed by atoms with Gasteiger partial charge in [-0.1, -0.05) is 0 Å². The molecule has 0 bridgehead atoms. The Bertz CT molecular complexity index is 207. The second-order valence-corrected chi connectivity index (χ2v) is 3.59. The molecule has 6 heteroatoms. The van der Waals surface area contributed by atoms with E-state index in [9.17, 15) is 0 Å². The number of rotatable bonds is 0. The molecule has 0 aromatic carbocycles. The van der Waals surface area contributed by atoms with Gasteiger partial charge in [0.2, 0.25) is 0 Å². The molecule has 0 aliphatic rings. The molecule has 0 atom stereocenters. The zero-order chi connectivity index (χ0) is 9.78. The first-order chi connectivity index (χ1) is 5.30. The molecule has 1 aromatic rings. The molecule has 0 unspecified atom stereocenters. The van der Waals surface area contributed by atoms with Crippen molar-refractivity contribution in [1.29, 1.82) is 0 Å². The number of aromatic amines is 1. The molecule has 5 nitrogen and oxygen atoms in total. The van der Waals surface area contributed by atoms with E-state index >= 15 is 0 Å². The van der Waals surface area contributed by atoms with Gasteiger partial charge in [-0.2, -0.15) is 0 Å². The first-order valence-electron chi connectivity index (χ1n) is 3.31. The highest BCUT2D eigenvalue weighted by atomic mass is 28.4. The second-order valence-electron chi connectivity index (χ2n) is 2.39. The number of H-pyrrole nitrogens is 1. The minimum absolute atomic E-state index is 1.26. The Kier molecular flexibility index (Phi) is 4.14. The topological polar surface area (TPSA) is 96.7 Å². The Morgan fingerprint density at radius 3 is 1.67 bits per heavy atom. The molecule has 0 radical (unpaired) electrons. The second kappa shape index (κ2) is 4.38. The quantitative estimate of drug-likeness (QED) is 0.341. The molecule has 0 spiro atoms. The molecule has 1 aromatic heterocycles. The van der Waals surface area contributed by atoms with Crippen LogP contribution in [0.2, 0.25) is 0 Å². The van der Waals surface area contributed by atoms with E-state index in [1.807, 2.05) is 6.20 Å². The van der Waals surface area contributed by atoms with Gasteiger partial charge in [0, 0.05) is 11.9 Å². The summed E-state index contributed by atoms with van der Waals surface area (Å²) in [7, 11) is -4.61. The van der Waals surface area contributed by atoms with Crippen molar-refractivity contribution in [2.75, 3.05) is 0 Å². The van der Waals surface area contributed by atoms with Crippen LogP contribution in [0.1, 0.15) is 11.3 Å². The fraction of sp³-hybridized carbons (Fsp3) is 0.333. The Balaban J connectivity index is 0.000000217. The van der Waals surface area contributed by atoms with Crippen molar-refractivity contribution < 1.29 is 19.2 Å². The monoisotopic (exact) mass is 191 g/mol. The van der Waals surface area contributed by atoms with E-state index in [-0.39, 0.29) is 0 Å². The van der Waals surface area contributed by atoms with Crippen molar-refractivity contribution in [2.45, 2.75) is 13.8 Å². The summed E-state index contributed by atoms with van der Waals surface area (Å²) in [5.41, 5.74) is 2.60. The smallest absolute Gasteiger partial charge is 0.368 e. The standard InChI is InChI=1S/C6H9N.H4O4Si/c1-5-3-4-7-6(5)2;1-5(2,3)4/h3-4,7H,1-2H3;1-4H. The van der Waals surface area contributed by atoms with E-state index in [1.54, 1.807) is 0 Å².